The smallest absolute Gasteiger partial charge is 0.136 e. The molecule has 0 radical (unpaired) electrons. The summed E-state index contributed by atoms with van der Waals surface area (Å²) in [5.74, 6) is 1.82. The molecule has 2 heteroatoms. The zero-order valence-corrected chi connectivity index (χ0v) is 24.8. The second-order valence-corrected chi connectivity index (χ2v) is 12.1. The van der Waals surface area contributed by atoms with Crippen molar-refractivity contribution < 1.29 is 9.15 Å². The van der Waals surface area contributed by atoms with E-state index < -0.39 is 0 Å². The third-order valence-electron chi connectivity index (χ3n) is 9.47. The van der Waals surface area contributed by atoms with Crippen LogP contribution in [0.4, 0.5) is 0 Å². The molecule has 1 aliphatic rings. The Balaban J connectivity index is 1.04. The van der Waals surface area contributed by atoms with Crippen molar-refractivity contribution in [2.45, 2.75) is 0 Å². The van der Waals surface area contributed by atoms with Gasteiger partial charge in [0, 0.05) is 21.7 Å². The van der Waals surface area contributed by atoms with Crippen LogP contribution in [0.5, 0.6) is 11.5 Å². The Morgan fingerprint density at radius 2 is 1.00 bits per heavy atom. The highest BCUT2D eigenvalue weighted by atomic mass is 16.5. The molecule has 0 amide bonds. The van der Waals surface area contributed by atoms with Crippen LogP contribution in [-0.4, -0.2) is 0 Å². The summed E-state index contributed by atoms with van der Waals surface area (Å²) in [6.07, 6.45) is 0. The topological polar surface area (TPSA) is 22.4 Å². The maximum absolute atomic E-state index is 6.34. The van der Waals surface area contributed by atoms with E-state index in [1.807, 2.05) is 0 Å². The van der Waals surface area contributed by atoms with Crippen LogP contribution in [0.3, 0.4) is 0 Å². The minimum Gasteiger partial charge on any atom is -0.456 e. The summed E-state index contributed by atoms with van der Waals surface area (Å²) in [5, 5.41) is 7.15. The van der Waals surface area contributed by atoms with Gasteiger partial charge in [-0.3, -0.25) is 0 Å². The van der Waals surface area contributed by atoms with Gasteiger partial charge in [-0.25, -0.2) is 0 Å². The lowest BCUT2D eigenvalue weighted by Gasteiger charge is -2.22. The van der Waals surface area contributed by atoms with Crippen LogP contribution < -0.4 is 4.74 Å². The molecule has 8 aromatic carbocycles. The quantitative estimate of drug-likeness (QED) is 0.205. The maximum atomic E-state index is 6.34. The van der Waals surface area contributed by atoms with Gasteiger partial charge in [-0.15, -0.1) is 0 Å². The lowest BCUT2D eigenvalue weighted by molar-refractivity contribution is 0.487. The molecule has 0 fully saturated rings. The zero-order chi connectivity index (χ0) is 30.2. The van der Waals surface area contributed by atoms with E-state index in [9.17, 15) is 0 Å². The van der Waals surface area contributed by atoms with Crippen LogP contribution >= 0.6 is 0 Å². The van der Waals surface area contributed by atoms with Crippen molar-refractivity contribution >= 4 is 43.5 Å². The van der Waals surface area contributed by atoms with Crippen LogP contribution in [0, 0.1) is 0 Å². The predicted molar refractivity (Wildman–Crippen MR) is 191 cm³/mol. The summed E-state index contributed by atoms with van der Waals surface area (Å²) < 4.78 is 12.7. The second kappa shape index (κ2) is 9.69. The molecule has 9 aromatic rings. The van der Waals surface area contributed by atoms with Gasteiger partial charge in [0.2, 0.25) is 0 Å². The minimum atomic E-state index is 0.898. The maximum Gasteiger partial charge on any atom is 0.136 e. The SMILES string of the molecule is c1cc(-c2ccc(-c3cccc4oc5ccc6ccccc6c5c34)cc2)cc(-c2ccc3c(c2)-c2cccc4cccc(c24)O3)c1. The molecule has 0 atom stereocenters. The first-order valence-corrected chi connectivity index (χ1v) is 15.7. The highest BCUT2D eigenvalue weighted by Crippen LogP contribution is 2.47. The average molecular weight is 587 g/mol. The summed E-state index contributed by atoms with van der Waals surface area (Å²) in [5.41, 5.74) is 11.2. The summed E-state index contributed by atoms with van der Waals surface area (Å²) in [6.45, 7) is 0. The van der Waals surface area contributed by atoms with Crippen LogP contribution in [-0.2, 0) is 0 Å². The molecule has 0 unspecified atom stereocenters. The molecule has 10 rings (SSSR count). The van der Waals surface area contributed by atoms with Gasteiger partial charge in [-0.2, -0.15) is 0 Å². The van der Waals surface area contributed by atoms with Crippen LogP contribution in [0.25, 0.3) is 88.0 Å². The van der Waals surface area contributed by atoms with Gasteiger partial charge in [0.05, 0.1) is 0 Å². The van der Waals surface area contributed by atoms with E-state index in [1.165, 1.54) is 71.3 Å². The van der Waals surface area contributed by atoms with E-state index in [0.29, 0.717) is 0 Å². The first kappa shape index (κ1) is 25.2. The Hall–Kier alpha value is -6.12. The Bertz CT molecular complexity index is 2650. The van der Waals surface area contributed by atoms with Crippen molar-refractivity contribution in [2.75, 3.05) is 0 Å². The van der Waals surface area contributed by atoms with Gasteiger partial charge >= 0.3 is 0 Å². The molecule has 2 heterocycles. The Labute approximate surface area is 265 Å². The van der Waals surface area contributed by atoms with Gasteiger partial charge in [0.15, 0.2) is 0 Å². The van der Waals surface area contributed by atoms with Crippen molar-refractivity contribution in [3.05, 3.63) is 158 Å². The first-order chi connectivity index (χ1) is 22.8. The second-order valence-electron chi connectivity index (χ2n) is 12.1. The Morgan fingerprint density at radius 1 is 0.326 bits per heavy atom. The van der Waals surface area contributed by atoms with E-state index in [0.717, 1.165) is 28.2 Å². The molecule has 1 aromatic heterocycles. The summed E-state index contributed by atoms with van der Waals surface area (Å²) in [7, 11) is 0. The summed E-state index contributed by atoms with van der Waals surface area (Å²) in [4.78, 5) is 0. The van der Waals surface area contributed by atoms with E-state index in [2.05, 4.69) is 158 Å². The molecule has 0 spiro atoms. The molecule has 2 nitrogen and oxygen atoms in total. The lowest BCUT2D eigenvalue weighted by atomic mass is 9.91. The fourth-order valence-corrected chi connectivity index (χ4v) is 7.29. The Kier molecular flexibility index (Phi) is 5.31. The summed E-state index contributed by atoms with van der Waals surface area (Å²) >= 11 is 0. The Morgan fingerprint density at radius 3 is 1.91 bits per heavy atom. The van der Waals surface area contributed by atoms with Crippen molar-refractivity contribution in [2.24, 2.45) is 0 Å². The van der Waals surface area contributed by atoms with Gasteiger partial charge < -0.3 is 9.15 Å². The fraction of sp³-hybridized carbons (Fsp3) is 0. The number of benzene rings is 8. The molecular weight excluding hydrogens is 560 g/mol. The van der Waals surface area contributed by atoms with Gasteiger partial charge in [0.1, 0.15) is 22.7 Å². The molecule has 1 aliphatic heterocycles. The molecule has 0 bridgehead atoms. The van der Waals surface area contributed by atoms with E-state index >= 15 is 0 Å². The number of hydrogen-bond donors (Lipinski definition) is 0. The van der Waals surface area contributed by atoms with E-state index in [4.69, 9.17) is 9.15 Å². The van der Waals surface area contributed by atoms with E-state index in [1.54, 1.807) is 0 Å². The lowest BCUT2D eigenvalue weighted by Crippen LogP contribution is -1.97. The number of fused-ring (bicyclic) bond motifs is 7. The third-order valence-corrected chi connectivity index (χ3v) is 9.47. The van der Waals surface area contributed by atoms with Crippen molar-refractivity contribution in [3.8, 4) is 56.0 Å². The third kappa shape index (κ3) is 3.77. The van der Waals surface area contributed by atoms with E-state index in [-0.39, 0.29) is 0 Å². The van der Waals surface area contributed by atoms with Crippen LogP contribution in [0.1, 0.15) is 0 Å². The number of hydrogen-bond acceptors (Lipinski definition) is 2. The predicted octanol–water partition coefficient (Wildman–Crippen LogP) is 12.7. The highest BCUT2D eigenvalue weighted by Gasteiger charge is 2.20. The normalized spacial score (nSPS) is 12.1. The van der Waals surface area contributed by atoms with Crippen molar-refractivity contribution in [3.63, 3.8) is 0 Å². The molecule has 0 N–H and O–H groups in total. The van der Waals surface area contributed by atoms with Crippen molar-refractivity contribution in [1.29, 1.82) is 0 Å². The highest BCUT2D eigenvalue weighted by molar-refractivity contribution is 6.22. The van der Waals surface area contributed by atoms with Crippen LogP contribution in [0.15, 0.2) is 162 Å². The molecule has 0 aliphatic carbocycles. The van der Waals surface area contributed by atoms with Gasteiger partial charge in [-0.1, -0.05) is 121 Å². The fourth-order valence-electron chi connectivity index (χ4n) is 7.29. The van der Waals surface area contributed by atoms with Gasteiger partial charge in [-0.05, 0) is 91.5 Å². The monoisotopic (exact) mass is 586 g/mol. The summed E-state index contributed by atoms with van der Waals surface area (Å²) in [6, 6.07) is 56.1. The molecule has 214 valence electrons. The van der Waals surface area contributed by atoms with Gasteiger partial charge in [0.25, 0.3) is 0 Å². The zero-order valence-electron chi connectivity index (χ0n) is 24.8. The number of furan rings is 1. The van der Waals surface area contributed by atoms with Crippen molar-refractivity contribution in [1.82, 2.24) is 0 Å². The molecule has 46 heavy (non-hydrogen) atoms. The standard InChI is InChI=1S/C44H26O2/c1-2-12-34-28(7-1)21-24-41-44(34)43-35(13-6-16-40(43)46-41)29-19-17-27(18-20-29)31-10-3-11-32(25-31)33-22-23-38-37(26-33)36-14-4-8-30-9-5-15-39(45-38)42(30)36/h1-26H. The molecule has 0 saturated heterocycles. The minimum absolute atomic E-state index is 0.898. The number of rotatable bonds is 3. The molecule has 0 saturated carbocycles. The first-order valence-electron chi connectivity index (χ1n) is 15.7. The molecular formula is C44H26O2. The van der Waals surface area contributed by atoms with Crippen LogP contribution in [0.2, 0.25) is 0 Å². The number of ether oxygens (including phenoxy) is 1. The average Bonchev–Trinajstić information content (AvgIpc) is 3.52. The largest absolute Gasteiger partial charge is 0.456 e.